The first-order valence-electron chi connectivity index (χ1n) is 6.68. The Kier molecular flexibility index (Phi) is 3.34. The molecular weight excluding hydrogens is 286 g/mol. The summed E-state index contributed by atoms with van der Waals surface area (Å²) in [4.78, 5) is 26.4. The smallest absolute Gasteiger partial charge is 0.275 e. The molecule has 2 N–H and O–H groups in total. The monoisotopic (exact) mass is 299 g/mol. The van der Waals surface area contributed by atoms with E-state index >= 15 is 0 Å². The minimum absolute atomic E-state index is 0.149. The lowest BCUT2D eigenvalue weighted by Gasteiger charge is -2.30. The van der Waals surface area contributed by atoms with Gasteiger partial charge >= 0.3 is 0 Å². The molecule has 2 amide bonds. The fourth-order valence-corrected chi connectivity index (χ4v) is 2.19. The maximum Gasteiger partial charge on any atom is 0.275 e. The van der Waals surface area contributed by atoms with Gasteiger partial charge < -0.3 is 10.2 Å². The predicted molar refractivity (Wildman–Crippen MR) is 75.0 cm³/mol. The van der Waals surface area contributed by atoms with Gasteiger partial charge in [0.15, 0.2) is 0 Å². The van der Waals surface area contributed by atoms with Crippen molar-refractivity contribution in [1.82, 2.24) is 24.9 Å². The number of aromatic amines is 1. The lowest BCUT2D eigenvalue weighted by Crippen LogP contribution is -2.42. The first-order valence-corrected chi connectivity index (χ1v) is 6.68. The molecule has 0 spiro atoms. The standard InChI is InChI=1S/C13H13N7O2/c1-19-10(9(7-16-19)13(22)20-3-2-4-20)12(21)17-11-8(5-14)6-15-18-11/h6-7H,2-4H2,1H3,(H2,15,17,18,21). The zero-order valence-corrected chi connectivity index (χ0v) is 11.8. The van der Waals surface area contributed by atoms with E-state index in [-0.39, 0.29) is 28.5 Å². The number of H-pyrrole nitrogens is 1. The van der Waals surface area contributed by atoms with E-state index in [1.54, 1.807) is 11.9 Å². The first-order chi connectivity index (χ1) is 10.6. The minimum Gasteiger partial charge on any atom is -0.338 e. The number of likely N-dealkylation sites (tertiary alicyclic amines) is 1. The van der Waals surface area contributed by atoms with Crippen LogP contribution in [0.5, 0.6) is 0 Å². The van der Waals surface area contributed by atoms with Gasteiger partial charge in [0, 0.05) is 20.1 Å². The van der Waals surface area contributed by atoms with E-state index in [0.29, 0.717) is 13.1 Å². The van der Waals surface area contributed by atoms with Gasteiger partial charge in [0.25, 0.3) is 11.8 Å². The van der Waals surface area contributed by atoms with Gasteiger partial charge in [0.05, 0.1) is 18.0 Å². The topological polar surface area (TPSA) is 120 Å². The molecule has 1 aliphatic heterocycles. The normalized spacial score (nSPS) is 13.4. The predicted octanol–water partition coefficient (Wildman–Crippen LogP) is 0.113. The van der Waals surface area contributed by atoms with Crippen molar-refractivity contribution in [3.63, 3.8) is 0 Å². The third-order valence-corrected chi connectivity index (χ3v) is 3.53. The Labute approximate surface area is 125 Å². The van der Waals surface area contributed by atoms with Crippen LogP contribution in [0.25, 0.3) is 0 Å². The number of amides is 2. The maximum atomic E-state index is 12.4. The van der Waals surface area contributed by atoms with E-state index in [1.165, 1.54) is 17.1 Å². The molecule has 1 fully saturated rings. The molecule has 0 aliphatic carbocycles. The summed E-state index contributed by atoms with van der Waals surface area (Å²) >= 11 is 0. The molecule has 0 atom stereocenters. The van der Waals surface area contributed by atoms with Crippen LogP contribution in [-0.2, 0) is 7.05 Å². The van der Waals surface area contributed by atoms with Crippen LogP contribution in [0.15, 0.2) is 12.4 Å². The third-order valence-electron chi connectivity index (χ3n) is 3.53. The van der Waals surface area contributed by atoms with Crippen molar-refractivity contribution < 1.29 is 9.59 Å². The Hall–Kier alpha value is -3.15. The summed E-state index contributed by atoms with van der Waals surface area (Å²) in [7, 11) is 1.58. The Morgan fingerprint density at radius 1 is 1.41 bits per heavy atom. The van der Waals surface area contributed by atoms with Gasteiger partial charge in [-0.2, -0.15) is 15.5 Å². The highest BCUT2D eigenvalue weighted by Crippen LogP contribution is 2.18. The molecule has 0 saturated carbocycles. The van der Waals surface area contributed by atoms with Crippen molar-refractivity contribution in [1.29, 1.82) is 5.26 Å². The van der Waals surface area contributed by atoms with Crippen molar-refractivity contribution in [2.45, 2.75) is 6.42 Å². The molecule has 0 aromatic carbocycles. The molecule has 9 heteroatoms. The molecular formula is C13H13N7O2. The maximum absolute atomic E-state index is 12.4. The zero-order valence-electron chi connectivity index (χ0n) is 11.8. The lowest BCUT2D eigenvalue weighted by atomic mass is 10.1. The fraction of sp³-hybridized carbons (Fsp3) is 0.308. The lowest BCUT2D eigenvalue weighted by molar-refractivity contribution is 0.0648. The van der Waals surface area contributed by atoms with E-state index in [4.69, 9.17) is 5.26 Å². The molecule has 2 aromatic heterocycles. The summed E-state index contributed by atoms with van der Waals surface area (Å²) in [6.45, 7) is 1.38. The Morgan fingerprint density at radius 2 is 2.18 bits per heavy atom. The average Bonchev–Trinajstić information content (AvgIpc) is 3.02. The van der Waals surface area contributed by atoms with Crippen LogP contribution in [0, 0.1) is 11.3 Å². The van der Waals surface area contributed by atoms with Gasteiger partial charge in [-0.1, -0.05) is 0 Å². The molecule has 1 aliphatic rings. The van der Waals surface area contributed by atoms with Gasteiger partial charge in [-0.15, -0.1) is 0 Å². The highest BCUT2D eigenvalue weighted by Gasteiger charge is 2.29. The second kappa shape index (κ2) is 5.33. The van der Waals surface area contributed by atoms with E-state index < -0.39 is 5.91 Å². The number of hydrogen-bond acceptors (Lipinski definition) is 5. The molecule has 22 heavy (non-hydrogen) atoms. The van der Waals surface area contributed by atoms with E-state index in [2.05, 4.69) is 20.6 Å². The SMILES string of the molecule is Cn1ncc(C(=O)N2CCC2)c1C(=O)Nc1[nH]ncc1C#N. The summed E-state index contributed by atoms with van der Waals surface area (Å²) in [5.41, 5.74) is 0.610. The molecule has 2 aromatic rings. The minimum atomic E-state index is -0.523. The number of anilines is 1. The van der Waals surface area contributed by atoms with Crippen molar-refractivity contribution in [3.8, 4) is 6.07 Å². The molecule has 0 radical (unpaired) electrons. The molecule has 0 unspecified atom stereocenters. The Bertz CT molecular complexity index is 779. The summed E-state index contributed by atoms with van der Waals surface area (Å²) in [5, 5.41) is 21.7. The number of rotatable bonds is 3. The largest absolute Gasteiger partial charge is 0.338 e. The number of aryl methyl sites for hydroxylation is 1. The highest BCUT2D eigenvalue weighted by atomic mass is 16.2. The summed E-state index contributed by atoms with van der Waals surface area (Å²) < 4.78 is 1.34. The quantitative estimate of drug-likeness (QED) is 0.833. The first kappa shape index (κ1) is 13.8. The van der Waals surface area contributed by atoms with Crippen molar-refractivity contribution in [2.24, 2.45) is 7.05 Å². The number of nitrogens with zero attached hydrogens (tertiary/aromatic N) is 5. The third kappa shape index (κ3) is 2.20. The fourth-order valence-electron chi connectivity index (χ4n) is 2.19. The van der Waals surface area contributed by atoms with Crippen LogP contribution < -0.4 is 5.32 Å². The molecule has 0 bridgehead atoms. The van der Waals surface area contributed by atoms with Gasteiger partial charge in [-0.25, -0.2) is 0 Å². The number of aromatic nitrogens is 4. The van der Waals surface area contributed by atoms with Crippen LogP contribution in [0.1, 0.15) is 32.8 Å². The van der Waals surface area contributed by atoms with Gasteiger partial charge in [-0.3, -0.25) is 19.4 Å². The van der Waals surface area contributed by atoms with Crippen LogP contribution in [0.2, 0.25) is 0 Å². The van der Waals surface area contributed by atoms with Gasteiger partial charge in [0.2, 0.25) is 0 Å². The zero-order chi connectivity index (χ0) is 15.7. The second-order valence-corrected chi connectivity index (χ2v) is 4.90. The summed E-state index contributed by atoms with van der Waals surface area (Å²) in [6, 6.07) is 1.91. The highest BCUT2D eigenvalue weighted by molar-refractivity contribution is 6.11. The molecule has 3 rings (SSSR count). The second-order valence-electron chi connectivity index (χ2n) is 4.90. The number of nitriles is 1. The summed E-state index contributed by atoms with van der Waals surface area (Å²) in [6.07, 6.45) is 3.66. The molecule has 3 heterocycles. The van der Waals surface area contributed by atoms with Gasteiger partial charge in [-0.05, 0) is 6.42 Å². The average molecular weight is 299 g/mol. The van der Waals surface area contributed by atoms with Crippen molar-refractivity contribution in [2.75, 3.05) is 18.4 Å². The van der Waals surface area contributed by atoms with E-state index in [0.717, 1.165) is 6.42 Å². The summed E-state index contributed by atoms with van der Waals surface area (Å²) in [5.74, 6) is -0.546. The van der Waals surface area contributed by atoms with Crippen molar-refractivity contribution >= 4 is 17.6 Å². The Morgan fingerprint density at radius 3 is 2.82 bits per heavy atom. The molecule has 9 nitrogen and oxygen atoms in total. The number of hydrogen-bond donors (Lipinski definition) is 2. The molecule has 1 saturated heterocycles. The van der Waals surface area contributed by atoms with Gasteiger partial charge in [0.1, 0.15) is 23.1 Å². The molecule has 112 valence electrons. The number of nitrogens with one attached hydrogen (secondary N) is 2. The number of carbonyl (C=O) groups excluding carboxylic acids is 2. The Balaban J connectivity index is 1.88. The van der Waals surface area contributed by atoms with Crippen LogP contribution in [-0.4, -0.2) is 49.8 Å². The number of carbonyl (C=O) groups is 2. The van der Waals surface area contributed by atoms with Crippen LogP contribution in [0.4, 0.5) is 5.82 Å². The van der Waals surface area contributed by atoms with Crippen LogP contribution in [0.3, 0.4) is 0 Å². The van der Waals surface area contributed by atoms with Crippen LogP contribution >= 0.6 is 0 Å². The van der Waals surface area contributed by atoms with E-state index in [9.17, 15) is 9.59 Å². The van der Waals surface area contributed by atoms with E-state index in [1.807, 2.05) is 6.07 Å². The van der Waals surface area contributed by atoms with Crippen molar-refractivity contribution in [3.05, 3.63) is 29.2 Å².